The second-order valence-electron chi connectivity index (χ2n) is 2.56. The van der Waals surface area contributed by atoms with E-state index in [2.05, 4.69) is 0 Å². The third-order valence-corrected chi connectivity index (χ3v) is 2.48. The zero-order chi connectivity index (χ0) is 8.97. The summed E-state index contributed by atoms with van der Waals surface area (Å²) < 4.78 is 0. The third kappa shape index (κ3) is 2.96. The second-order valence-corrected chi connectivity index (χ2v) is 3.61. The summed E-state index contributed by atoms with van der Waals surface area (Å²) in [5, 5.41) is 0. The number of rotatable bonds is 3. The van der Waals surface area contributed by atoms with Crippen LogP contribution in [0.25, 0.3) is 0 Å². The molecule has 1 aromatic carbocycles. The first-order chi connectivity index (χ1) is 5.68. The second kappa shape index (κ2) is 4.16. The van der Waals surface area contributed by atoms with Crippen LogP contribution in [0.3, 0.4) is 0 Å². The lowest BCUT2D eigenvalue weighted by Crippen LogP contribution is -1.92. The first kappa shape index (κ1) is 9.13. The van der Waals surface area contributed by atoms with Crippen LogP contribution in [0.15, 0.2) is 29.2 Å². The van der Waals surface area contributed by atoms with Crippen LogP contribution in [0.5, 0.6) is 0 Å². The highest BCUT2D eigenvalue weighted by Gasteiger charge is 1.95. The Hall–Kier alpha value is -0.960. The van der Waals surface area contributed by atoms with Gasteiger partial charge in [-0.2, -0.15) is 0 Å². The van der Waals surface area contributed by atoms with Crippen molar-refractivity contribution in [3.8, 4) is 0 Å². The van der Waals surface area contributed by atoms with Crippen molar-refractivity contribution in [2.45, 2.75) is 11.8 Å². The number of hydrogen-bond donors (Lipinski definition) is 1. The zero-order valence-electron chi connectivity index (χ0n) is 6.91. The number of benzene rings is 1. The highest BCUT2D eigenvalue weighted by molar-refractivity contribution is 8.00. The van der Waals surface area contributed by atoms with E-state index in [0.29, 0.717) is 5.75 Å². The molecule has 0 amide bonds. The van der Waals surface area contributed by atoms with E-state index in [0.717, 1.165) is 10.6 Å². The Morgan fingerprint density at radius 1 is 1.42 bits per heavy atom. The van der Waals surface area contributed by atoms with Crippen LogP contribution in [0.2, 0.25) is 0 Å². The maximum absolute atomic E-state index is 10.6. The van der Waals surface area contributed by atoms with Gasteiger partial charge in [-0.05, 0) is 31.2 Å². The Kier molecular flexibility index (Phi) is 3.17. The predicted molar refractivity (Wildman–Crippen MR) is 52.3 cm³/mol. The average Bonchev–Trinajstić information content (AvgIpc) is 2.03. The van der Waals surface area contributed by atoms with Gasteiger partial charge in [-0.15, -0.1) is 11.8 Å². The maximum atomic E-state index is 10.6. The molecule has 0 unspecified atom stereocenters. The number of anilines is 1. The topological polar surface area (TPSA) is 43.1 Å². The lowest BCUT2D eigenvalue weighted by Gasteiger charge is -1.98. The molecule has 2 nitrogen and oxygen atoms in total. The van der Waals surface area contributed by atoms with E-state index in [4.69, 9.17) is 5.73 Å². The first-order valence-electron chi connectivity index (χ1n) is 3.66. The summed E-state index contributed by atoms with van der Waals surface area (Å²) in [5.41, 5.74) is 6.26. The fourth-order valence-corrected chi connectivity index (χ4v) is 1.45. The van der Waals surface area contributed by atoms with Crippen LogP contribution in [0.1, 0.15) is 6.92 Å². The van der Waals surface area contributed by atoms with E-state index in [1.165, 1.54) is 11.8 Å². The minimum absolute atomic E-state index is 0.192. The van der Waals surface area contributed by atoms with Crippen LogP contribution in [-0.4, -0.2) is 11.5 Å². The quantitative estimate of drug-likeness (QED) is 0.572. The highest BCUT2D eigenvalue weighted by Crippen LogP contribution is 2.18. The van der Waals surface area contributed by atoms with Crippen molar-refractivity contribution in [3.63, 3.8) is 0 Å². The molecule has 3 heteroatoms. The van der Waals surface area contributed by atoms with Gasteiger partial charge in [-0.25, -0.2) is 0 Å². The number of hydrogen-bond acceptors (Lipinski definition) is 3. The Balaban J connectivity index is 2.53. The van der Waals surface area contributed by atoms with E-state index in [-0.39, 0.29) is 5.78 Å². The Morgan fingerprint density at radius 3 is 2.50 bits per heavy atom. The van der Waals surface area contributed by atoms with Gasteiger partial charge in [0, 0.05) is 10.6 Å². The summed E-state index contributed by atoms with van der Waals surface area (Å²) in [6, 6.07) is 7.51. The van der Waals surface area contributed by atoms with Gasteiger partial charge in [0.05, 0.1) is 5.75 Å². The minimum atomic E-state index is 0.192. The van der Waals surface area contributed by atoms with Gasteiger partial charge >= 0.3 is 0 Å². The van der Waals surface area contributed by atoms with Crippen LogP contribution >= 0.6 is 11.8 Å². The molecule has 0 heterocycles. The third-order valence-electron chi connectivity index (χ3n) is 1.32. The van der Waals surface area contributed by atoms with Crippen LogP contribution < -0.4 is 5.73 Å². The average molecular weight is 181 g/mol. The van der Waals surface area contributed by atoms with Gasteiger partial charge in [-0.3, -0.25) is 4.79 Å². The van der Waals surface area contributed by atoms with Crippen LogP contribution in [0, 0.1) is 0 Å². The molecule has 64 valence electrons. The summed E-state index contributed by atoms with van der Waals surface area (Å²) in [5.74, 6) is 0.723. The van der Waals surface area contributed by atoms with Crippen LogP contribution in [0.4, 0.5) is 5.69 Å². The fourth-order valence-electron chi connectivity index (χ4n) is 0.749. The van der Waals surface area contributed by atoms with Crippen molar-refractivity contribution in [2.75, 3.05) is 11.5 Å². The molecule has 0 fully saturated rings. The summed E-state index contributed by atoms with van der Waals surface area (Å²) in [4.78, 5) is 11.7. The summed E-state index contributed by atoms with van der Waals surface area (Å²) in [6.45, 7) is 1.59. The lowest BCUT2D eigenvalue weighted by molar-refractivity contribution is -0.114. The number of thioether (sulfide) groups is 1. The molecule has 0 saturated heterocycles. The van der Waals surface area contributed by atoms with Crippen molar-refractivity contribution in [3.05, 3.63) is 24.3 Å². The van der Waals surface area contributed by atoms with Gasteiger partial charge in [-0.1, -0.05) is 0 Å². The van der Waals surface area contributed by atoms with Crippen molar-refractivity contribution in [2.24, 2.45) is 0 Å². The van der Waals surface area contributed by atoms with E-state index >= 15 is 0 Å². The predicted octanol–water partition coefficient (Wildman–Crippen LogP) is 1.95. The Bertz CT molecular complexity index is 268. The van der Waals surface area contributed by atoms with E-state index < -0.39 is 0 Å². The fraction of sp³-hybridized carbons (Fsp3) is 0.222. The Labute approximate surface area is 76.2 Å². The summed E-state index contributed by atoms with van der Waals surface area (Å²) >= 11 is 1.53. The number of ketones is 1. The monoisotopic (exact) mass is 181 g/mol. The summed E-state index contributed by atoms with van der Waals surface area (Å²) in [6.07, 6.45) is 0. The molecule has 0 aliphatic carbocycles. The van der Waals surface area contributed by atoms with Crippen molar-refractivity contribution in [1.82, 2.24) is 0 Å². The van der Waals surface area contributed by atoms with E-state index in [9.17, 15) is 4.79 Å². The largest absolute Gasteiger partial charge is 0.399 e. The molecule has 1 aromatic rings. The highest BCUT2D eigenvalue weighted by atomic mass is 32.2. The molecular formula is C9H11NOS. The van der Waals surface area contributed by atoms with Crippen molar-refractivity contribution < 1.29 is 4.79 Å². The summed E-state index contributed by atoms with van der Waals surface area (Å²) in [7, 11) is 0. The minimum Gasteiger partial charge on any atom is -0.399 e. The van der Waals surface area contributed by atoms with Crippen molar-refractivity contribution >= 4 is 23.2 Å². The number of carbonyl (C=O) groups excluding carboxylic acids is 1. The number of Topliss-reactive ketones (excluding diaryl/α,β-unsaturated/α-hetero) is 1. The standard InChI is InChI=1S/C9H11NOS/c1-7(11)6-12-9-4-2-8(10)3-5-9/h2-5H,6,10H2,1H3. The lowest BCUT2D eigenvalue weighted by atomic mass is 10.3. The first-order valence-corrected chi connectivity index (χ1v) is 4.65. The molecule has 0 aliphatic heterocycles. The molecule has 2 N–H and O–H groups in total. The normalized spacial score (nSPS) is 9.75. The molecule has 0 radical (unpaired) electrons. The maximum Gasteiger partial charge on any atom is 0.140 e. The number of nitrogen functional groups attached to an aromatic ring is 1. The smallest absolute Gasteiger partial charge is 0.140 e. The number of carbonyl (C=O) groups is 1. The van der Waals surface area contributed by atoms with Gasteiger partial charge in [0.25, 0.3) is 0 Å². The molecule has 1 rings (SSSR count). The SMILES string of the molecule is CC(=O)CSc1ccc(N)cc1. The molecule has 0 bridgehead atoms. The molecular weight excluding hydrogens is 170 g/mol. The molecule has 0 spiro atoms. The molecule has 12 heavy (non-hydrogen) atoms. The van der Waals surface area contributed by atoms with Crippen LogP contribution in [-0.2, 0) is 4.79 Å². The van der Waals surface area contributed by atoms with E-state index in [1.807, 2.05) is 24.3 Å². The molecule has 0 aromatic heterocycles. The van der Waals surface area contributed by atoms with Gasteiger partial charge in [0.2, 0.25) is 0 Å². The number of nitrogens with two attached hydrogens (primary N) is 1. The molecule has 0 saturated carbocycles. The zero-order valence-corrected chi connectivity index (χ0v) is 7.73. The van der Waals surface area contributed by atoms with Gasteiger partial charge in [0.1, 0.15) is 5.78 Å². The Morgan fingerprint density at radius 2 is 2.00 bits per heavy atom. The van der Waals surface area contributed by atoms with Gasteiger partial charge in [0.15, 0.2) is 0 Å². The molecule has 0 atom stereocenters. The van der Waals surface area contributed by atoms with Crippen molar-refractivity contribution in [1.29, 1.82) is 0 Å². The molecule has 0 aliphatic rings. The van der Waals surface area contributed by atoms with Gasteiger partial charge < -0.3 is 5.73 Å². The van der Waals surface area contributed by atoms with E-state index in [1.54, 1.807) is 6.92 Å².